The molecule has 0 aromatic heterocycles. The van der Waals surface area contributed by atoms with Crippen LogP contribution in [0.3, 0.4) is 0 Å². The Morgan fingerprint density at radius 1 is 0.600 bits per heavy atom. The molecule has 0 fully saturated rings. The van der Waals surface area contributed by atoms with Crippen LogP contribution in [-0.4, -0.2) is 18.3 Å². The maximum atomic E-state index is 13.4. The smallest absolute Gasteiger partial charge is 0.246 e. The fraction of sp³-hybridized carbons (Fsp3) is 0.200. The molecule has 0 heterocycles. The van der Waals surface area contributed by atoms with E-state index < -0.39 is 84.5 Å². The first-order valence-electron chi connectivity index (χ1n) is 6.99. The summed E-state index contributed by atoms with van der Waals surface area (Å²) in [6, 6.07) is 0.665. The molecular formula is C15H5F14P. The van der Waals surface area contributed by atoms with Crippen LogP contribution in [0.1, 0.15) is 0 Å². The zero-order valence-electron chi connectivity index (χ0n) is 13.7. The van der Waals surface area contributed by atoms with Crippen molar-refractivity contribution in [3.63, 3.8) is 0 Å². The van der Waals surface area contributed by atoms with Crippen molar-refractivity contribution in [3.8, 4) is 11.1 Å². The molecule has 0 aliphatic carbocycles. The van der Waals surface area contributed by atoms with Crippen molar-refractivity contribution in [1.82, 2.24) is 0 Å². The Labute approximate surface area is 159 Å². The molecule has 1 unspecified atom stereocenters. The van der Waals surface area contributed by atoms with Gasteiger partial charge in [-0.2, -0.15) is 22.0 Å². The average molecular weight is 482 g/mol. The third-order valence-electron chi connectivity index (χ3n) is 3.16. The Hall–Kier alpha value is -2.11. The van der Waals surface area contributed by atoms with Crippen LogP contribution in [0.15, 0.2) is 12.1 Å². The van der Waals surface area contributed by atoms with Gasteiger partial charge >= 0.3 is 11.8 Å². The van der Waals surface area contributed by atoms with Gasteiger partial charge in [0.2, 0.25) is 5.82 Å². The molecule has 168 valence electrons. The van der Waals surface area contributed by atoms with E-state index in [0.29, 0.717) is 12.1 Å². The van der Waals surface area contributed by atoms with Crippen LogP contribution >= 0.6 is 8.58 Å². The van der Waals surface area contributed by atoms with Gasteiger partial charge in [-0.1, -0.05) is 0 Å². The van der Waals surface area contributed by atoms with Gasteiger partial charge in [0.05, 0.1) is 5.56 Å². The molecule has 0 amide bonds. The number of benzene rings is 2. The van der Waals surface area contributed by atoms with Gasteiger partial charge in [0.15, 0.2) is 40.7 Å². The number of alkyl halides is 6. The Kier molecular flexibility index (Phi) is 8.09. The zero-order chi connectivity index (χ0) is 23.6. The molecule has 2 aromatic carbocycles. The van der Waals surface area contributed by atoms with Crippen LogP contribution in [-0.2, 0) is 0 Å². The minimum atomic E-state index is -5.61. The molecule has 2 rings (SSSR count). The third kappa shape index (κ3) is 5.13. The molecule has 0 nitrogen and oxygen atoms in total. The summed E-state index contributed by atoms with van der Waals surface area (Å²) in [4.78, 5) is 0. The van der Waals surface area contributed by atoms with Crippen LogP contribution in [0.2, 0.25) is 0 Å². The first-order chi connectivity index (χ1) is 13.6. The summed E-state index contributed by atoms with van der Waals surface area (Å²) < 4.78 is 172. The highest BCUT2D eigenvalue weighted by molar-refractivity contribution is 7.39. The van der Waals surface area contributed by atoms with Crippen LogP contribution in [0.5, 0.6) is 0 Å². The summed E-state index contributed by atoms with van der Waals surface area (Å²) in [5.41, 5.74) is -7.81. The highest BCUT2D eigenvalue weighted by Crippen LogP contribution is 2.47. The third-order valence-corrected chi connectivity index (χ3v) is 4.02. The molecule has 0 spiro atoms. The predicted octanol–water partition coefficient (Wildman–Crippen LogP) is 7.21. The molecule has 30 heavy (non-hydrogen) atoms. The van der Waals surface area contributed by atoms with E-state index >= 15 is 0 Å². The van der Waals surface area contributed by atoms with Gasteiger partial charge in [0.25, 0.3) is 0 Å². The Morgan fingerprint density at radius 3 is 1.40 bits per heavy atom. The standard InChI is InChI=1S/C12H2F8.C3H3F6P/c13-4-2-1-3(6(14)7(4)15)5-8(16)10(18)12(20)11(19)9(5)17;4-1-10-3(8,9)2(5,6)7/h1-2H;10H,1H2. The summed E-state index contributed by atoms with van der Waals surface area (Å²) in [5, 5.41) is 0. The van der Waals surface area contributed by atoms with Crippen molar-refractivity contribution in [2.45, 2.75) is 11.8 Å². The molecule has 15 heteroatoms. The second-order valence-corrected chi connectivity index (χ2v) is 6.30. The van der Waals surface area contributed by atoms with E-state index in [4.69, 9.17) is 0 Å². The lowest BCUT2D eigenvalue weighted by molar-refractivity contribution is -0.239. The second-order valence-electron chi connectivity index (χ2n) is 5.05. The van der Waals surface area contributed by atoms with Gasteiger partial charge in [-0.15, -0.1) is 0 Å². The normalized spacial score (nSPS) is 12.3. The Balaban J connectivity index is 0.000000382. The van der Waals surface area contributed by atoms with Crippen molar-refractivity contribution < 1.29 is 61.5 Å². The minimum absolute atomic E-state index is 0.297. The molecule has 0 radical (unpaired) electrons. The molecule has 0 N–H and O–H groups in total. The zero-order valence-corrected chi connectivity index (χ0v) is 14.7. The van der Waals surface area contributed by atoms with E-state index in [9.17, 15) is 61.5 Å². The summed E-state index contributed by atoms with van der Waals surface area (Å²) >= 11 is 0. The highest BCUT2D eigenvalue weighted by atomic mass is 31.1. The monoisotopic (exact) mass is 482 g/mol. The average Bonchev–Trinajstić information content (AvgIpc) is 2.64. The van der Waals surface area contributed by atoms with Gasteiger partial charge in [0, 0.05) is 5.56 Å². The van der Waals surface area contributed by atoms with Gasteiger partial charge in [-0.3, -0.25) is 0 Å². The summed E-state index contributed by atoms with van der Waals surface area (Å²) in [5.74, 6) is -17.6. The Morgan fingerprint density at radius 2 is 1.03 bits per heavy atom. The van der Waals surface area contributed by atoms with Crippen LogP contribution in [0.25, 0.3) is 11.1 Å². The van der Waals surface area contributed by atoms with E-state index in [1.54, 1.807) is 0 Å². The summed E-state index contributed by atoms with van der Waals surface area (Å²) in [7, 11) is -2.03. The largest absolute Gasteiger partial charge is 0.457 e. The number of rotatable bonds is 3. The molecule has 1 atom stereocenters. The number of hydrogen-bond acceptors (Lipinski definition) is 0. The van der Waals surface area contributed by atoms with E-state index in [1.165, 1.54) is 0 Å². The molecule has 0 bridgehead atoms. The van der Waals surface area contributed by atoms with E-state index in [0.717, 1.165) is 0 Å². The molecule has 0 saturated carbocycles. The Bertz CT molecular complexity index is 892. The molecule has 0 aliphatic rings. The maximum Gasteiger partial charge on any atom is 0.457 e. The van der Waals surface area contributed by atoms with Gasteiger partial charge < -0.3 is 0 Å². The quantitative estimate of drug-likeness (QED) is 0.188. The minimum Gasteiger partial charge on any atom is -0.246 e. The first-order valence-corrected chi connectivity index (χ1v) is 8.20. The van der Waals surface area contributed by atoms with Gasteiger partial charge in [0.1, 0.15) is 6.42 Å². The van der Waals surface area contributed by atoms with Crippen LogP contribution in [0.4, 0.5) is 61.5 Å². The SMILES string of the molecule is FCPC(F)(F)C(F)(F)F.Fc1ccc(-c2c(F)c(F)c(F)c(F)c2F)c(F)c1F. The first kappa shape index (κ1) is 25.9. The predicted molar refractivity (Wildman–Crippen MR) is 76.8 cm³/mol. The van der Waals surface area contributed by atoms with Crippen molar-refractivity contribution >= 4 is 8.58 Å². The molecular weight excluding hydrogens is 477 g/mol. The second kappa shape index (κ2) is 9.36. The topological polar surface area (TPSA) is 0 Å². The summed E-state index contributed by atoms with van der Waals surface area (Å²) in [6.45, 7) is 0. The van der Waals surface area contributed by atoms with Crippen LogP contribution in [0, 0.1) is 46.5 Å². The lowest BCUT2D eigenvalue weighted by Gasteiger charge is -2.17. The lowest BCUT2D eigenvalue weighted by atomic mass is 10.0. The van der Waals surface area contributed by atoms with E-state index in [-0.39, 0.29) is 0 Å². The van der Waals surface area contributed by atoms with Gasteiger partial charge in [-0.05, 0) is 20.7 Å². The molecule has 2 aromatic rings. The fourth-order valence-electron chi connectivity index (χ4n) is 1.74. The number of halogens is 14. The van der Waals surface area contributed by atoms with Crippen molar-refractivity contribution in [3.05, 3.63) is 58.7 Å². The molecule has 0 saturated heterocycles. The molecule has 0 aliphatic heterocycles. The van der Waals surface area contributed by atoms with Crippen molar-refractivity contribution in [2.24, 2.45) is 0 Å². The van der Waals surface area contributed by atoms with Crippen LogP contribution < -0.4 is 0 Å². The van der Waals surface area contributed by atoms with E-state index in [1.807, 2.05) is 0 Å². The van der Waals surface area contributed by atoms with Crippen molar-refractivity contribution in [2.75, 3.05) is 6.42 Å². The highest BCUT2D eigenvalue weighted by Gasteiger charge is 2.56. The van der Waals surface area contributed by atoms with E-state index in [2.05, 4.69) is 0 Å². The van der Waals surface area contributed by atoms with Crippen molar-refractivity contribution in [1.29, 1.82) is 0 Å². The maximum absolute atomic E-state index is 13.4. The summed E-state index contributed by atoms with van der Waals surface area (Å²) in [6.07, 6.45) is -7.26. The van der Waals surface area contributed by atoms with Gasteiger partial charge in [-0.25, -0.2) is 39.5 Å². The fourth-order valence-corrected chi connectivity index (χ4v) is 2.11. The number of hydrogen-bond donors (Lipinski definition) is 0. The lowest BCUT2D eigenvalue weighted by Crippen LogP contribution is -2.31.